The van der Waals surface area contributed by atoms with E-state index in [4.69, 9.17) is 28.3 Å². The summed E-state index contributed by atoms with van der Waals surface area (Å²) in [6.07, 6.45) is 1.87. The Kier molecular flexibility index (Phi) is 5.57. The van der Waals surface area contributed by atoms with Gasteiger partial charge in [-0.1, -0.05) is 43.5 Å². The highest BCUT2D eigenvalue weighted by atomic mass is 35.5. The van der Waals surface area contributed by atoms with Gasteiger partial charge in [0.05, 0.1) is 10.6 Å². The Morgan fingerprint density at radius 1 is 1.47 bits per heavy atom. The van der Waals surface area contributed by atoms with Crippen LogP contribution in [-0.2, 0) is 4.79 Å². The van der Waals surface area contributed by atoms with E-state index < -0.39 is 17.9 Å². The second kappa shape index (κ2) is 6.73. The maximum absolute atomic E-state index is 12.0. The Hall–Kier alpha value is -1.33. The summed E-state index contributed by atoms with van der Waals surface area (Å²) in [5.74, 6) is -1.86. The summed E-state index contributed by atoms with van der Waals surface area (Å²) in [5, 5.41) is 11.8. The monoisotopic (exact) mass is 304 g/mol. The van der Waals surface area contributed by atoms with Crippen LogP contribution in [0.5, 0.6) is 0 Å². The number of halogens is 2. The van der Waals surface area contributed by atoms with Crippen molar-refractivity contribution in [2.45, 2.75) is 26.3 Å². The van der Waals surface area contributed by atoms with Crippen LogP contribution in [-0.4, -0.2) is 28.0 Å². The molecule has 0 aliphatic rings. The number of aromatic nitrogens is 1. The third kappa shape index (κ3) is 4.08. The fourth-order valence-corrected chi connectivity index (χ4v) is 1.84. The number of carbonyl (C=O) groups is 2. The quantitative estimate of drug-likeness (QED) is 0.820. The van der Waals surface area contributed by atoms with Gasteiger partial charge >= 0.3 is 5.97 Å². The highest BCUT2D eigenvalue weighted by molar-refractivity contribution is 6.35. The molecule has 2 atom stereocenters. The standard InChI is InChI=1S/C12H14Cl2N2O3/c1-3-6(2)10(12(18)19)16-11(17)7-4-9(14)15-5-8(7)13/h4-6,10H,3H2,1-2H3,(H,16,17)(H,18,19)/t6?,10-/m0/s1. The van der Waals surface area contributed by atoms with E-state index >= 15 is 0 Å². The molecule has 0 aliphatic heterocycles. The molecule has 5 nitrogen and oxygen atoms in total. The Morgan fingerprint density at radius 3 is 2.63 bits per heavy atom. The van der Waals surface area contributed by atoms with Crippen molar-refractivity contribution < 1.29 is 14.7 Å². The number of carboxylic acids is 1. The van der Waals surface area contributed by atoms with Gasteiger partial charge in [-0.25, -0.2) is 9.78 Å². The van der Waals surface area contributed by atoms with Crippen LogP contribution in [0, 0.1) is 5.92 Å². The van der Waals surface area contributed by atoms with Crippen molar-refractivity contribution in [3.05, 3.63) is 28.0 Å². The van der Waals surface area contributed by atoms with Crippen LogP contribution in [0.15, 0.2) is 12.3 Å². The van der Waals surface area contributed by atoms with Crippen molar-refractivity contribution in [2.75, 3.05) is 0 Å². The highest BCUT2D eigenvalue weighted by Crippen LogP contribution is 2.19. The molecule has 0 aliphatic carbocycles. The number of carbonyl (C=O) groups excluding carboxylic acids is 1. The van der Waals surface area contributed by atoms with E-state index in [9.17, 15) is 9.59 Å². The van der Waals surface area contributed by atoms with Gasteiger partial charge in [-0.15, -0.1) is 0 Å². The SMILES string of the molecule is CCC(C)[C@H](NC(=O)c1cc(Cl)ncc1Cl)C(=O)O. The van der Waals surface area contributed by atoms with E-state index in [1.165, 1.54) is 12.3 Å². The van der Waals surface area contributed by atoms with Crippen molar-refractivity contribution >= 4 is 35.1 Å². The molecular formula is C12H14Cl2N2O3. The second-order valence-corrected chi connectivity index (χ2v) is 4.96. The topological polar surface area (TPSA) is 79.3 Å². The Morgan fingerprint density at radius 2 is 2.11 bits per heavy atom. The van der Waals surface area contributed by atoms with E-state index in [2.05, 4.69) is 10.3 Å². The molecule has 0 saturated carbocycles. The summed E-state index contributed by atoms with van der Waals surface area (Å²) >= 11 is 11.5. The number of hydrogen-bond donors (Lipinski definition) is 2. The molecule has 1 unspecified atom stereocenters. The van der Waals surface area contributed by atoms with Crippen LogP contribution in [0.3, 0.4) is 0 Å². The van der Waals surface area contributed by atoms with Crippen LogP contribution in [0.4, 0.5) is 0 Å². The number of nitrogens with zero attached hydrogens (tertiary/aromatic N) is 1. The Labute approximate surface area is 120 Å². The number of aliphatic carboxylic acids is 1. The molecule has 0 radical (unpaired) electrons. The van der Waals surface area contributed by atoms with E-state index in [0.717, 1.165) is 0 Å². The third-order valence-corrected chi connectivity index (χ3v) is 3.34. The van der Waals surface area contributed by atoms with Crippen LogP contribution in [0.25, 0.3) is 0 Å². The van der Waals surface area contributed by atoms with Crippen LogP contribution >= 0.6 is 23.2 Å². The first kappa shape index (κ1) is 15.7. The number of nitrogens with one attached hydrogen (secondary N) is 1. The molecule has 7 heteroatoms. The molecule has 1 amide bonds. The normalized spacial score (nSPS) is 13.7. The summed E-state index contributed by atoms with van der Waals surface area (Å²) in [6, 6.07) is 0.329. The minimum absolute atomic E-state index is 0.108. The predicted molar refractivity (Wildman–Crippen MR) is 72.6 cm³/mol. The van der Waals surface area contributed by atoms with Crippen molar-refractivity contribution in [3.63, 3.8) is 0 Å². The van der Waals surface area contributed by atoms with Crippen molar-refractivity contribution in [2.24, 2.45) is 5.92 Å². The zero-order chi connectivity index (χ0) is 14.6. The molecule has 2 N–H and O–H groups in total. The van der Waals surface area contributed by atoms with Crippen molar-refractivity contribution in [3.8, 4) is 0 Å². The summed E-state index contributed by atoms with van der Waals surface area (Å²) in [4.78, 5) is 26.9. The van der Waals surface area contributed by atoms with Crippen molar-refractivity contribution in [1.29, 1.82) is 0 Å². The third-order valence-electron chi connectivity index (χ3n) is 2.83. The van der Waals surface area contributed by atoms with E-state index in [1.54, 1.807) is 6.92 Å². The summed E-state index contributed by atoms with van der Waals surface area (Å²) in [7, 11) is 0. The molecule has 104 valence electrons. The fraction of sp³-hybridized carbons (Fsp3) is 0.417. The van der Waals surface area contributed by atoms with E-state index in [1.807, 2.05) is 6.92 Å². The molecule has 1 aromatic heterocycles. The number of pyridine rings is 1. The molecular weight excluding hydrogens is 291 g/mol. The number of hydrogen-bond acceptors (Lipinski definition) is 3. The zero-order valence-corrected chi connectivity index (χ0v) is 12.0. The minimum Gasteiger partial charge on any atom is -0.480 e. The van der Waals surface area contributed by atoms with Crippen LogP contribution in [0.2, 0.25) is 10.2 Å². The fourth-order valence-electron chi connectivity index (χ4n) is 1.49. The molecule has 1 heterocycles. The van der Waals surface area contributed by atoms with Gasteiger partial charge in [-0.05, 0) is 12.0 Å². The summed E-state index contributed by atoms with van der Waals surface area (Å²) in [5.41, 5.74) is 0.108. The maximum Gasteiger partial charge on any atom is 0.326 e. The molecule has 0 bridgehead atoms. The van der Waals surface area contributed by atoms with Gasteiger partial charge in [0.1, 0.15) is 11.2 Å². The lowest BCUT2D eigenvalue weighted by Gasteiger charge is -2.20. The van der Waals surface area contributed by atoms with Gasteiger partial charge in [-0.2, -0.15) is 0 Å². The van der Waals surface area contributed by atoms with E-state index in [0.29, 0.717) is 6.42 Å². The number of carboxylic acid groups (broad SMARTS) is 1. The summed E-state index contributed by atoms with van der Waals surface area (Å²) in [6.45, 7) is 3.60. The first-order valence-corrected chi connectivity index (χ1v) is 6.47. The molecule has 0 fully saturated rings. The van der Waals surface area contributed by atoms with Gasteiger partial charge in [0, 0.05) is 6.20 Å². The molecule has 0 spiro atoms. The lowest BCUT2D eigenvalue weighted by atomic mass is 9.99. The van der Waals surface area contributed by atoms with Crippen LogP contribution in [0.1, 0.15) is 30.6 Å². The molecule has 1 rings (SSSR count). The first-order chi connectivity index (χ1) is 8.86. The van der Waals surface area contributed by atoms with Gasteiger partial charge < -0.3 is 10.4 Å². The van der Waals surface area contributed by atoms with Gasteiger partial charge in [-0.3, -0.25) is 4.79 Å². The first-order valence-electron chi connectivity index (χ1n) is 5.71. The average Bonchev–Trinajstić information content (AvgIpc) is 2.37. The van der Waals surface area contributed by atoms with E-state index in [-0.39, 0.29) is 21.7 Å². The van der Waals surface area contributed by atoms with Crippen molar-refractivity contribution in [1.82, 2.24) is 10.3 Å². The Bertz CT molecular complexity index is 494. The smallest absolute Gasteiger partial charge is 0.326 e. The van der Waals surface area contributed by atoms with Gasteiger partial charge in [0.25, 0.3) is 5.91 Å². The molecule has 0 aromatic carbocycles. The van der Waals surface area contributed by atoms with Gasteiger partial charge in [0.2, 0.25) is 0 Å². The average molecular weight is 305 g/mol. The largest absolute Gasteiger partial charge is 0.480 e. The molecule has 0 saturated heterocycles. The number of amides is 1. The van der Waals surface area contributed by atoms with Crippen LogP contribution < -0.4 is 5.32 Å². The molecule has 19 heavy (non-hydrogen) atoms. The number of rotatable bonds is 5. The second-order valence-electron chi connectivity index (χ2n) is 4.16. The zero-order valence-electron chi connectivity index (χ0n) is 10.5. The predicted octanol–water partition coefficient (Wildman–Crippen LogP) is 2.62. The lowest BCUT2D eigenvalue weighted by Crippen LogP contribution is -2.45. The highest BCUT2D eigenvalue weighted by Gasteiger charge is 2.26. The maximum atomic E-state index is 12.0. The Balaban J connectivity index is 2.94. The molecule has 1 aromatic rings. The summed E-state index contributed by atoms with van der Waals surface area (Å²) < 4.78 is 0. The lowest BCUT2D eigenvalue weighted by molar-refractivity contribution is -0.140. The van der Waals surface area contributed by atoms with Gasteiger partial charge in [0.15, 0.2) is 0 Å². The minimum atomic E-state index is -1.08.